The first-order chi connectivity index (χ1) is 16.9. The summed E-state index contributed by atoms with van der Waals surface area (Å²) in [7, 11) is 0. The third-order valence-corrected chi connectivity index (χ3v) is 6.73. The average molecular weight is 485 g/mol. The predicted molar refractivity (Wildman–Crippen MR) is 136 cm³/mol. The molecule has 0 spiro atoms. The molecule has 2 N–H and O–H groups in total. The Bertz CT molecular complexity index is 1420. The summed E-state index contributed by atoms with van der Waals surface area (Å²) in [5.41, 5.74) is 2.07. The number of rotatable bonds is 6. The molecule has 0 saturated carbocycles. The van der Waals surface area contributed by atoms with Crippen LogP contribution in [-0.4, -0.2) is 38.0 Å². The number of carboxylic acids is 1. The Hall–Kier alpha value is -4.24. The van der Waals surface area contributed by atoms with E-state index in [2.05, 4.69) is 17.0 Å². The van der Waals surface area contributed by atoms with Gasteiger partial charge in [0.05, 0.1) is 11.1 Å². The molecular formula is C26H20N4O4S. The topological polar surface area (TPSA) is 119 Å². The van der Waals surface area contributed by atoms with Gasteiger partial charge in [0, 0.05) is 11.5 Å². The van der Waals surface area contributed by atoms with Gasteiger partial charge in [0.15, 0.2) is 5.84 Å². The normalized spacial score (nSPS) is 17.3. The van der Waals surface area contributed by atoms with E-state index in [4.69, 9.17) is 14.9 Å². The van der Waals surface area contributed by atoms with Crippen LogP contribution in [0.1, 0.15) is 40.9 Å². The molecule has 0 saturated heterocycles. The van der Waals surface area contributed by atoms with Crippen molar-refractivity contribution in [2.75, 3.05) is 0 Å². The molecule has 5 rings (SSSR count). The molecule has 2 aliphatic heterocycles. The number of nitrogens with one attached hydrogen (secondary N) is 1. The van der Waals surface area contributed by atoms with Crippen molar-refractivity contribution in [1.82, 2.24) is 5.01 Å². The lowest BCUT2D eigenvalue weighted by molar-refractivity contribution is -0.114. The SMILES string of the molecule is CC[C@@H](C1=NN2C(=N)/C(=C\c3ccc(-c4ccc(C(=O)O)cc4)o3)C(=O)N=C2S1)c1ccccc1. The van der Waals surface area contributed by atoms with Crippen molar-refractivity contribution in [2.45, 2.75) is 19.3 Å². The van der Waals surface area contributed by atoms with Gasteiger partial charge in [-0.1, -0.05) is 49.4 Å². The zero-order valence-corrected chi connectivity index (χ0v) is 19.5. The maximum Gasteiger partial charge on any atom is 0.335 e. The lowest BCUT2D eigenvalue weighted by Crippen LogP contribution is -2.35. The van der Waals surface area contributed by atoms with Crippen LogP contribution in [0.25, 0.3) is 17.4 Å². The number of benzene rings is 2. The van der Waals surface area contributed by atoms with Gasteiger partial charge in [-0.15, -0.1) is 0 Å². The summed E-state index contributed by atoms with van der Waals surface area (Å²) >= 11 is 1.31. The minimum absolute atomic E-state index is 0.0463. The van der Waals surface area contributed by atoms with Crippen LogP contribution in [0, 0.1) is 5.41 Å². The number of hydrazone groups is 1. The summed E-state index contributed by atoms with van der Waals surface area (Å²) in [5, 5.41) is 24.9. The Balaban J connectivity index is 1.40. The van der Waals surface area contributed by atoms with E-state index in [9.17, 15) is 9.59 Å². The Kier molecular flexibility index (Phi) is 5.92. The highest BCUT2D eigenvalue weighted by Gasteiger charge is 2.37. The highest BCUT2D eigenvalue weighted by molar-refractivity contribution is 8.27. The lowest BCUT2D eigenvalue weighted by Gasteiger charge is -2.19. The zero-order valence-electron chi connectivity index (χ0n) is 18.6. The number of carboxylic acid groups (broad SMARTS) is 1. The van der Waals surface area contributed by atoms with Crippen LogP contribution in [-0.2, 0) is 4.79 Å². The van der Waals surface area contributed by atoms with Gasteiger partial charge in [-0.3, -0.25) is 10.2 Å². The van der Waals surface area contributed by atoms with Gasteiger partial charge in [-0.2, -0.15) is 15.1 Å². The molecule has 9 heteroatoms. The second-order valence-electron chi connectivity index (χ2n) is 7.91. The Morgan fingerprint density at radius 1 is 1.14 bits per heavy atom. The average Bonchev–Trinajstić information content (AvgIpc) is 3.50. The van der Waals surface area contributed by atoms with E-state index in [1.54, 1.807) is 24.3 Å². The van der Waals surface area contributed by atoms with Crippen LogP contribution >= 0.6 is 11.8 Å². The summed E-state index contributed by atoms with van der Waals surface area (Å²) in [4.78, 5) is 28.0. The van der Waals surface area contributed by atoms with Gasteiger partial charge >= 0.3 is 5.97 Å². The molecule has 0 bridgehead atoms. The van der Waals surface area contributed by atoms with Gasteiger partial charge in [0.2, 0.25) is 5.17 Å². The smallest absolute Gasteiger partial charge is 0.335 e. The van der Waals surface area contributed by atoms with Crippen LogP contribution < -0.4 is 0 Å². The van der Waals surface area contributed by atoms with Crippen molar-refractivity contribution in [1.29, 1.82) is 5.41 Å². The number of carbonyl (C=O) groups is 2. The second kappa shape index (κ2) is 9.19. The molecule has 8 nitrogen and oxygen atoms in total. The highest BCUT2D eigenvalue weighted by Crippen LogP contribution is 2.36. The number of furan rings is 1. The van der Waals surface area contributed by atoms with Gasteiger partial charge in [-0.25, -0.2) is 4.79 Å². The van der Waals surface area contributed by atoms with Crippen LogP contribution in [0.4, 0.5) is 0 Å². The molecule has 1 amide bonds. The highest BCUT2D eigenvalue weighted by atomic mass is 32.2. The number of aliphatic imine (C=N–C) groups is 1. The van der Waals surface area contributed by atoms with Gasteiger partial charge in [0.1, 0.15) is 16.6 Å². The molecule has 1 aromatic heterocycles. The second-order valence-corrected chi connectivity index (χ2v) is 8.90. The van der Waals surface area contributed by atoms with E-state index in [1.165, 1.54) is 35.0 Å². The molecular weight excluding hydrogens is 464 g/mol. The molecule has 1 atom stereocenters. The van der Waals surface area contributed by atoms with Crippen LogP contribution in [0.15, 0.2) is 86.8 Å². The number of thioether (sulfide) groups is 1. The molecule has 0 fully saturated rings. The summed E-state index contributed by atoms with van der Waals surface area (Å²) in [6, 6.07) is 19.7. The number of amidine groups is 2. The molecule has 2 aliphatic rings. The number of hydrogen-bond acceptors (Lipinski definition) is 6. The van der Waals surface area contributed by atoms with Crippen molar-refractivity contribution in [3.05, 3.63) is 89.2 Å². The molecule has 0 unspecified atom stereocenters. The number of fused-ring (bicyclic) bond motifs is 1. The Morgan fingerprint density at radius 3 is 2.57 bits per heavy atom. The Labute approximate surface area is 205 Å². The van der Waals surface area contributed by atoms with Gasteiger partial charge in [0.25, 0.3) is 5.91 Å². The van der Waals surface area contributed by atoms with Crippen molar-refractivity contribution in [3.8, 4) is 11.3 Å². The fourth-order valence-corrected chi connectivity index (χ4v) is 4.99. The Morgan fingerprint density at radius 2 is 1.89 bits per heavy atom. The van der Waals surface area contributed by atoms with Crippen LogP contribution in [0.5, 0.6) is 0 Å². The van der Waals surface area contributed by atoms with Crippen molar-refractivity contribution < 1.29 is 19.1 Å². The summed E-state index contributed by atoms with van der Waals surface area (Å²) in [6.45, 7) is 2.07. The molecule has 2 aromatic carbocycles. The predicted octanol–water partition coefficient (Wildman–Crippen LogP) is 5.46. The van der Waals surface area contributed by atoms with Crippen molar-refractivity contribution in [3.63, 3.8) is 0 Å². The molecule has 0 radical (unpaired) electrons. The maximum absolute atomic E-state index is 12.8. The molecule has 0 aliphatic carbocycles. The number of nitrogens with zero attached hydrogens (tertiary/aromatic N) is 3. The fourth-order valence-electron chi connectivity index (χ4n) is 3.89. The third-order valence-electron chi connectivity index (χ3n) is 5.71. The summed E-state index contributed by atoms with van der Waals surface area (Å²) in [5.74, 6) is -0.657. The van der Waals surface area contributed by atoms with E-state index in [0.29, 0.717) is 22.3 Å². The summed E-state index contributed by atoms with van der Waals surface area (Å²) in [6.07, 6.45) is 2.30. The number of amides is 1. The standard InChI is InChI=1S/C26H20N4O4S/c1-2-19(15-6-4-3-5-7-15)24-29-30-22(27)20(23(31)28-26(30)35-24)14-18-12-13-21(34-18)16-8-10-17(11-9-16)25(32)33/h3-14,19,27H,2H2,1H3,(H,32,33)/b20-14+,27-22?/t19-/m1/s1. The van der Waals surface area contributed by atoms with E-state index in [1.807, 2.05) is 30.3 Å². The first-order valence-electron chi connectivity index (χ1n) is 10.9. The molecule has 35 heavy (non-hydrogen) atoms. The van der Waals surface area contributed by atoms with E-state index < -0.39 is 11.9 Å². The monoisotopic (exact) mass is 484 g/mol. The van der Waals surface area contributed by atoms with Crippen LogP contribution in [0.3, 0.4) is 0 Å². The van der Waals surface area contributed by atoms with Crippen LogP contribution in [0.2, 0.25) is 0 Å². The van der Waals surface area contributed by atoms with E-state index >= 15 is 0 Å². The third kappa shape index (κ3) is 4.33. The number of hydrogen-bond donors (Lipinski definition) is 2. The van der Waals surface area contributed by atoms with E-state index in [0.717, 1.165) is 17.0 Å². The largest absolute Gasteiger partial charge is 0.478 e. The van der Waals surface area contributed by atoms with Gasteiger partial charge < -0.3 is 9.52 Å². The first kappa shape index (κ1) is 22.5. The first-order valence-corrected chi connectivity index (χ1v) is 11.7. The van der Waals surface area contributed by atoms with E-state index in [-0.39, 0.29) is 22.9 Å². The number of carbonyl (C=O) groups excluding carboxylic acids is 1. The zero-order chi connectivity index (χ0) is 24.5. The molecule has 174 valence electrons. The molecule has 3 aromatic rings. The number of aromatic carboxylic acids is 1. The van der Waals surface area contributed by atoms with Gasteiger partial charge in [-0.05, 0) is 54.1 Å². The minimum Gasteiger partial charge on any atom is -0.478 e. The molecule has 3 heterocycles. The van der Waals surface area contributed by atoms with Crippen molar-refractivity contribution >= 4 is 45.8 Å². The lowest BCUT2D eigenvalue weighted by atomic mass is 9.98. The minimum atomic E-state index is -1.00. The fraction of sp³-hybridized carbons (Fsp3) is 0.115. The maximum atomic E-state index is 12.8. The quantitative estimate of drug-likeness (QED) is 0.449. The van der Waals surface area contributed by atoms with Crippen molar-refractivity contribution in [2.24, 2.45) is 10.1 Å². The summed E-state index contributed by atoms with van der Waals surface area (Å²) < 4.78 is 5.83.